The number of aromatic amines is 1. The number of rotatable bonds is 11. The molecule has 0 unspecified atom stereocenters. The van der Waals surface area contributed by atoms with Crippen LogP contribution in [-0.4, -0.2) is 45.0 Å². The van der Waals surface area contributed by atoms with Gasteiger partial charge in [-0.2, -0.15) is 11.8 Å². The van der Waals surface area contributed by atoms with Gasteiger partial charge < -0.3 is 15.4 Å². The molecule has 1 atom stereocenters. The number of thioether (sulfide) groups is 1. The van der Waals surface area contributed by atoms with Gasteiger partial charge in [0.15, 0.2) is 0 Å². The maximum absolute atomic E-state index is 13.7. The summed E-state index contributed by atoms with van der Waals surface area (Å²) in [5, 5.41) is 12.2. The highest BCUT2D eigenvalue weighted by atomic mass is 32.2. The number of H-pyrrole nitrogens is 1. The number of allylic oxidation sites excluding steroid dienone is 1. The summed E-state index contributed by atoms with van der Waals surface area (Å²) in [6.07, 6.45) is 7.89. The highest BCUT2D eigenvalue weighted by Gasteiger charge is 2.22. The molecule has 3 N–H and O–H groups in total. The van der Waals surface area contributed by atoms with Crippen molar-refractivity contribution in [1.82, 2.24) is 15.3 Å². The molecule has 0 aliphatic heterocycles. The van der Waals surface area contributed by atoms with Crippen molar-refractivity contribution in [2.45, 2.75) is 18.9 Å². The maximum atomic E-state index is 13.7. The third-order valence-corrected chi connectivity index (χ3v) is 6.77. The monoisotopic (exact) mass is 547 g/mol. The first-order chi connectivity index (χ1) is 18.8. The molecule has 0 radical (unpaired) electrons. The molecule has 9 heteroatoms. The van der Waals surface area contributed by atoms with E-state index in [1.165, 1.54) is 36.0 Å². The minimum atomic E-state index is -1.11. The van der Waals surface area contributed by atoms with Gasteiger partial charge in [0.05, 0.1) is 0 Å². The number of aliphatic carboxylic acids is 1. The van der Waals surface area contributed by atoms with E-state index < -0.39 is 23.7 Å². The van der Waals surface area contributed by atoms with Gasteiger partial charge in [0.1, 0.15) is 23.5 Å². The fourth-order valence-electron chi connectivity index (χ4n) is 4.12. The number of carbonyl (C=O) groups is 2. The Balaban J connectivity index is 1.76. The molecule has 0 aliphatic carbocycles. The van der Waals surface area contributed by atoms with E-state index in [1.807, 2.05) is 12.3 Å². The summed E-state index contributed by atoms with van der Waals surface area (Å²) in [6, 6.07) is 16.0. The van der Waals surface area contributed by atoms with Crippen LogP contribution in [0.15, 0.2) is 79.1 Å². The fourth-order valence-corrected chi connectivity index (χ4v) is 4.60. The Morgan fingerprint density at radius 1 is 1.05 bits per heavy atom. The van der Waals surface area contributed by atoms with Crippen LogP contribution in [0.4, 0.5) is 8.78 Å². The van der Waals surface area contributed by atoms with E-state index >= 15 is 0 Å². The number of amides is 1. The Labute approximate surface area is 229 Å². The van der Waals surface area contributed by atoms with Gasteiger partial charge in [0.25, 0.3) is 5.91 Å². The first kappa shape index (κ1) is 27.8. The van der Waals surface area contributed by atoms with Crippen molar-refractivity contribution in [3.63, 3.8) is 0 Å². The minimum Gasteiger partial charge on any atom is -0.480 e. The predicted octanol–water partition coefficient (Wildman–Crippen LogP) is 6.07. The Hall–Kier alpha value is -4.24. The zero-order valence-electron chi connectivity index (χ0n) is 21.2. The lowest BCUT2D eigenvalue weighted by atomic mass is 9.94. The smallest absolute Gasteiger partial charge is 0.326 e. The van der Waals surface area contributed by atoms with Gasteiger partial charge >= 0.3 is 5.97 Å². The van der Waals surface area contributed by atoms with Gasteiger partial charge in [0.2, 0.25) is 0 Å². The first-order valence-electron chi connectivity index (χ1n) is 12.2. The topological polar surface area (TPSA) is 95.1 Å². The third-order valence-electron chi connectivity index (χ3n) is 6.13. The molecule has 0 fully saturated rings. The van der Waals surface area contributed by atoms with Gasteiger partial charge in [-0.15, -0.1) is 0 Å². The van der Waals surface area contributed by atoms with E-state index in [9.17, 15) is 23.5 Å². The van der Waals surface area contributed by atoms with E-state index in [1.54, 1.807) is 54.9 Å². The number of carboxylic acid groups (broad SMARTS) is 1. The molecule has 0 saturated heterocycles. The number of nitrogens with zero attached hydrogens (tertiary/aromatic N) is 1. The molecule has 39 heavy (non-hydrogen) atoms. The summed E-state index contributed by atoms with van der Waals surface area (Å²) in [4.78, 5) is 32.4. The van der Waals surface area contributed by atoms with E-state index in [-0.39, 0.29) is 17.8 Å². The maximum Gasteiger partial charge on any atom is 0.326 e. The van der Waals surface area contributed by atoms with Crippen LogP contribution < -0.4 is 5.32 Å². The highest BCUT2D eigenvalue weighted by molar-refractivity contribution is 7.98. The summed E-state index contributed by atoms with van der Waals surface area (Å²) < 4.78 is 27.3. The fraction of sp³-hybridized carbons (Fsp3) is 0.167. The number of hydrogen-bond donors (Lipinski definition) is 3. The lowest BCUT2D eigenvalue weighted by Crippen LogP contribution is -2.41. The second-order valence-corrected chi connectivity index (χ2v) is 9.83. The lowest BCUT2D eigenvalue weighted by Gasteiger charge is -2.17. The van der Waals surface area contributed by atoms with E-state index in [2.05, 4.69) is 15.3 Å². The molecule has 0 aliphatic rings. The van der Waals surface area contributed by atoms with Crippen molar-refractivity contribution in [1.29, 1.82) is 0 Å². The molecule has 6 nitrogen and oxygen atoms in total. The molecule has 4 rings (SSSR count). The molecule has 3 aromatic carbocycles. The summed E-state index contributed by atoms with van der Waals surface area (Å²) >= 11 is 1.50. The molecule has 4 aromatic rings. The molecule has 1 amide bonds. The molecular formula is C30H27F2N3O3S. The molecule has 0 spiro atoms. The Kier molecular flexibility index (Phi) is 9.27. The number of halogens is 2. The van der Waals surface area contributed by atoms with Gasteiger partial charge in [-0.25, -0.2) is 18.6 Å². The third kappa shape index (κ3) is 7.42. The average molecular weight is 548 g/mol. The second kappa shape index (κ2) is 13.0. The summed E-state index contributed by atoms with van der Waals surface area (Å²) in [7, 11) is 0. The number of aromatic nitrogens is 2. The molecule has 1 heterocycles. The molecule has 1 aromatic heterocycles. The molecule has 0 saturated carbocycles. The number of nitrogens with one attached hydrogen (secondary N) is 2. The Morgan fingerprint density at radius 2 is 1.74 bits per heavy atom. The quantitative estimate of drug-likeness (QED) is 0.198. The van der Waals surface area contributed by atoms with Crippen LogP contribution in [0.2, 0.25) is 0 Å². The molecule has 0 bridgehead atoms. The Bertz CT molecular complexity index is 1450. The molecule has 200 valence electrons. The number of imidazole rings is 1. The summed E-state index contributed by atoms with van der Waals surface area (Å²) in [6.45, 7) is 0. The van der Waals surface area contributed by atoms with Gasteiger partial charge in [-0.05, 0) is 82.7 Å². The zero-order chi connectivity index (χ0) is 27.8. The van der Waals surface area contributed by atoms with Crippen molar-refractivity contribution in [3.8, 4) is 11.1 Å². The normalized spacial score (nSPS) is 12.2. The number of benzene rings is 3. The van der Waals surface area contributed by atoms with Crippen molar-refractivity contribution in [3.05, 3.63) is 113 Å². The first-order valence-corrected chi connectivity index (χ1v) is 13.6. The van der Waals surface area contributed by atoms with Crippen LogP contribution in [0.1, 0.15) is 33.7 Å². The lowest BCUT2D eigenvalue weighted by molar-refractivity contribution is -0.139. The van der Waals surface area contributed by atoms with Crippen LogP contribution in [-0.2, 0) is 11.2 Å². The number of carbonyl (C=O) groups excluding carboxylic acids is 1. The van der Waals surface area contributed by atoms with E-state index in [0.29, 0.717) is 23.3 Å². The van der Waals surface area contributed by atoms with Crippen molar-refractivity contribution in [2.75, 3.05) is 12.0 Å². The van der Waals surface area contributed by atoms with Crippen LogP contribution in [0.25, 0.3) is 22.8 Å². The van der Waals surface area contributed by atoms with Crippen LogP contribution in [0, 0.1) is 11.6 Å². The van der Waals surface area contributed by atoms with Crippen molar-refractivity contribution >= 4 is 35.3 Å². The highest BCUT2D eigenvalue weighted by Crippen LogP contribution is 2.29. The van der Waals surface area contributed by atoms with E-state index in [0.717, 1.165) is 22.5 Å². The molecular weight excluding hydrogens is 520 g/mol. The Morgan fingerprint density at radius 3 is 2.36 bits per heavy atom. The minimum absolute atomic E-state index is 0.267. The van der Waals surface area contributed by atoms with Crippen LogP contribution in [0.5, 0.6) is 0 Å². The number of hydrogen-bond acceptors (Lipinski definition) is 4. The predicted molar refractivity (Wildman–Crippen MR) is 150 cm³/mol. The average Bonchev–Trinajstić information content (AvgIpc) is 3.44. The standard InChI is InChI=1S/C30H27F2N3O3S/c1-39-15-12-27(30(37)38)35-29(36)25-11-2-19(17-26(25)21-5-9-24(32)10-6-21)16-22(18-28-33-13-14-34-28)20-3-7-23(31)8-4-20/h2-11,13-14,16-17,27H,12,15,18H2,1H3,(H,33,34)(H,35,36)(H,37,38)/t27-/m0/s1. The summed E-state index contributed by atoms with van der Waals surface area (Å²) in [5.41, 5.74) is 3.79. The van der Waals surface area contributed by atoms with Crippen LogP contribution >= 0.6 is 11.8 Å². The summed E-state index contributed by atoms with van der Waals surface area (Å²) in [5.74, 6) is -1.10. The van der Waals surface area contributed by atoms with Gasteiger partial charge in [0, 0.05) is 24.4 Å². The van der Waals surface area contributed by atoms with Gasteiger partial charge in [-0.1, -0.05) is 36.4 Å². The largest absolute Gasteiger partial charge is 0.480 e. The van der Waals surface area contributed by atoms with Crippen molar-refractivity contribution in [2.24, 2.45) is 0 Å². The number of carboxylic acids is 1. The zero-order valence-corrected chi connectivity index (χ0v) is 22.0. The van der Waals surface area contributed by atoms with Crippen LogP contribution in [0.3, 0.4) is 0 Å². The van der Waals surface area contributed by atoms with Gasteiger partial charge in [-0.3, -0.25) is 4.79 Å². The SMILES string of the molecule is CSCC[C@H](NC(=O)c1ccc(C=C(Cc2ncc[nH]2)c2ccc(F)cc2)cc1-c1ccc(F)cc1)C(=O)O. The van der Waals surface area contributed by atoms with E-state index in [4.69, 9.17) is 0 Å². The van der Waals surface area contributed by atoms with Crippen molar-refractivity contribution < 1.29 is 23.5 Å². The second-order valence-electron chi connectivity index (χ2n) is 8.85.